The predicted molar refractivity (Wildman–Crippen MR) is 97.1 cm³/mol. The quantitative estimate of drug-likeness (QED) is 0.697. The molecule has 0 aliphatic rings. The van der Waals surface area contributed by atoms with E-state index in [-0.39, 0.29) is 16.9 Å². The van der Waals surface area contributed by atoms with E-state index in [1.54, 1.807) is 12.1 Å². The minimum absolute atomic E-state index is 0.0432. The second-order valence-corrected chi connectivity index (χ2v) is 6.53. The van der Waals surface area contributed by atoms with Crippen LogP contribution >= 0.6 is 15.9 Å². The van der Waals surface area contributed by atoms with Crippen molar-refractivity contribution in [1.29, 1.82) is 0 Å². The van der Waals surface area contributed by atoms with Gasteiger partial charge in [0.25, 0.3) is 12.0 Å². The first kappa shape index (κ1) is 18.2. The molecule has 26 heavy (non-hydrogen) atoms. The Morgan fingerprint density at radius 1 is 1.15 bits per heavy atom. The molecule has 0 spiro atoms. The van der Waals surface area contributed by atoms with Gasteiger partial charge < -0.3 is 5.32 Å². The van der Waals surface area contributed by atoms with Crippen LogP contribution in [0, 0.1) is 6.92 Å². The average molecular weight is 426 g/mol. The van der Waals surface area contributed by atoms with Gasteiger partial charge in [0.1, 0.15) is 11.2 Å². The number of benzene rings is 1. The van der Waals surface area contributed by atoms with Gasteiger partial charge in [-0.25, -0.2) is 23.5 Å². The van der Waals surface area contributed by atoms with Crippen LogP contribution in [0.15, 0.2) is 32.3 Å². The lowest BCUT2D eigenvalue weighted by Gasteiger charge is -2.14. The largest absolute Gasteiger partial charge is 0.339 e. The van der Waals surface area contributed by atoms with Crippen LogP contribution in [-0.2, 0) is 14.1 Å². The number of hydrogen-bond acceptors (Lipinski definition) is 5. The summed E-state index contributed by atoms with van der Waals surface area (Å²) in [5.41, 5.74) is -0.0985. The minimum atomic E-state index is -2.96. The van der Waals surface area contributed by atoms with E-state index in [0.29, 0.717) is 5.69 Å². The van der Waals surface area contributed by atoms with Crippen LogP contribution in [0.3, 0.4) is 0 Å². The molecule has 3 aromatic rings. The summed E-state index contributed by atoms with van der Waals surface area (Å²) >= 11 is 3.39. The molecule has 1 aromatic carbocycles. The summed E-state index contributed by atoms with van der Waals surface area (Å²) in [6.45, 7) is 1.82. The van der Waals surface area contributed by atoms with Crippen LogP contribution in [0.5, 0.6) is 0 Å². The first-order chi connectivity index (χ1) is 12.2. The maximum absolute atomic E-state index is 13.2. The molecule has 0 aliphatic carbocycles. The van der Waals surface area contributed by atoms with Crippen molar-refractivity contribution < 1.29 is 8.78 Å². The van der Waals surface area contributed by atoms with Crippen LogP contribution < -0.4 is 16.6 Å². The third kappa shape index (κ3) is 2.90. The first-order valence-electron chi connectivity index (χ1n) is 7.50. The monoisotopic (exact) mass is 425 g/mol. The number of aromatic nitrogens is 4. The van der Waals surface area contributed by atoms with Gasteiger partial charge in [-0.3, -0.25) is 13.9 Å². The molecule has 0 atom stereocenters. The summed E-state index contributed by atoms with van der Waals surface area (Å²) in [4.78, 5) is 32.2. The van der Waals surface area contributed by atoms with Crippen LogP contribution in [0.25, 0.3) is 11.0 Å². The van der Waals surface area contributed by atoms with Crippen molar-refractivity contribution >= 4 is 38.5 Å². The second kappa shape index (κ2) is 6.60. The van der Waals surface area contributed by atoms with Crippen molar-refractivity contribution in [3.05, 3.63) is 54.9 Å². The third-order valence-corrected chi connectivity index (χ3v) is 4.89. The maximum atomic E-state index is 13.2. The highest BCUT2D eigenvalue weighted by molar-refractivity contribution is 9.10. The Morgan fingerprint density at radius 3 is 2.50 bits per heavy atom. The molecule has 3 rings (SSSR count). The lowest BCUT2D eigenvalue weighted by Crippen LogP contribution is -2.38. The number of nitrogens with zero attached hydrogens (tertiary/aromatic N) is 4. The van der Waals surface area contributed by atoms with E-state index in [4.69, 9.17) is 0 Å². The summed E-state index contributed by atoms with van der Waals surface area (Å²) < 4.78 is 29.2. The average Bonchev–Trinajstić information content (AvgIpc) is 2.61. The number of alkyl halides is 2. The van der Waals surface area contributed by atoms with E-state index in [1.165, 1.54) is 14.1 Å². The van der Waals surface area contributed by atoms with Crippen LogP contribution in [0.1, 0.15) is 17.8 Å². The Balaban J connectivity index is 2.38. The summed E-state index contributed by atoms with van der Waals surface area (Å²) in [6.07, 6.45) is -2.96. The Kier molecular flexibility index (Phi) is 4.61. The van der Waals surface area contributed by atoms with Gasteiger partial charge in [0, 0.05) is 24.3 Å². The zero-order valence-electron chi connectivity index (χ0n) is 14.0. The fourth-order valence-corrected chi connectivity index (χ4v) is 2.90. The van der Waals surface area contributed by atoms with Crippen molar-refractivity contribution in [2.75, 3.05) is 5.32 Å². The minimum Gasteiger partial charge on any atom is -0.339 e. The van der Waals surface area contributed by atoms with Crippen molar-refractivity contribution in [2.45, 2.75) is 13.3 Å². The van der Waals surface area contributed by atoms with E-state index in [1.807, 2.05) is 13.0 Å². The zero-order chi connectivity index (χ0) is 19.2. The maximum Gasteiger partial charge on any atom is 0.332 e. The lowest BCUT2D eigenvalue weighted by atomic mass is 10.2. The van der Waals surface area contributed by atoms with E-state index in [0.717, 1.165) is 19.2 Å². The molecule has 0 saturated heterocycles. The van der Waals surface area contributed by atoms with Crippen molar-refractivity contribution in [3.8, 4) is 0 Å². The Morgan fingerprint density at radius 2 is 1.85 bits per heavy atom. The van der Waals surface area contributed by atoms with Crippen molar-refractivity contribution in [2.24, 2.45) is 14.1 Å². The summed E-state index contributed by atoms with van der Waals surface area (Å²) in [5, 5.41) is 2.88. The number of nitrogens with one attached hydrogen (secondary N) is 1. The van der Waals surface area contributed by atoms with E-state index in [2.05, 4.69) is 31.2 Å². The highest BCUT2D eigenvalue weighted by Crippen LogP contribution is 2.29. The molecule has 0 bridgehead atoms. The number of anilines is 2. The van der Waals surface area contributed by atoms with Gasteiger partial charge in [-0.15, -0.1) is 0 Å². The number of rotatable bonds is 3. The van der Waals surface area contributed by atoms with E-state index in [9.17, 15) is 18.4 Å². The molecule has 0 fully saturated rings. The van der Waals surface area contributed by atoms with Crippen LogP contribution in [-0.4, -0.2) is 19.1 Å². The topological polar surface area (TPSA) is 81.8 Å². The molecule has 2 heterocycles. The van der Waals surface area contributed by atoms with E-state index < -0.39 is 23.5 Å². The molecule has 0 unspecified atom stereocenters. The summed E-state index contributed by atoms with van der Waals surface area (Å²) in [6, 6.07) is 5.30. The highest BCUT2D eigenvalue weighted by atomic mass is 79.9. The molecule has 0 amide bonds. The second-order valence-electron chi connectivity index (χ2n) is 5.67. The fraction of sp³-hybridized carbons (Fsp3) is 0.250. The summed E-state index contributed by atoms with van der Waals surface area (Å²) in [5.74, 6) is -0.849. The Bertz CT molecular complexity index is 1140. The van der Waals surface area contributed by atoms with E-state index >= 15 is 0 Å². The number of halogens is 3. The van der Waals surface area contributed by atoms with Crippen molar-refractivity contribution in [1.82, 2.24) is 19.1 Å². The molecular weight excluding hydrogens is 412 g/mol. The predicted octanol–water partition coefficient (Wildman–Crippen LogP) is 2.78. The molecule has 0 aliphatic heterocycles. The molecule has 136 valence electrons. The molecule has 10 heteroatoms. The van der Waals surface area contributed by atoms with Gasteiger partial charge in [0.15, 0.2) is 11.5 Å². The lowest BCUT2D eigenvalue weighted by molar-refractivity contribution is 0.141. The van der Waals surface area contributed by atoms with Crippen LogP contribution in [0.4, 0.5) is 20.3 Å². The highest BCUT2D eigenvalue weighted by Gasteiger charge is 2.21. The van der Waals surface area contributed by atoms with Gasteiger partial charge in [0.2, 0.25) is 0 Å². The molecule has 7 nitrogen and oxygen atoms in total. The van der Waals surface area contributed by atoms with Crippen LogP contribution in [0.2, 0.25) is 0 Å². The molecule has 2 aromatic heterocycles. The molecule has 1 N–H and O–H groups in total. The van der Waals surface area contributed by atoms with Crippen molar-refractivity contribution in [3.63, 3.8) is 0 Å². The normalized spacial score (nSPS) is 11.3. The van der Waals surface area contributed by atoms with Gasteiger partial charge >= 0.3 is 5.69 Å². The molecule has 0 saturated carbocycles. The summed E-state index contributed by atoms with van der Waals surface area (Å²) in [7, 11) is 2.67. The number of aryl methyl sites for hydroxylation is 1. The van der Waals surface area contributed by atoms with Gasteiger partial charge in [-0.1, -0.05) is 22.0 Å². The van der Waals surface area contributed by atoms with Gasteiger partial charge in [-0.2, -0.15) is 0 Å². The molecule has 0 radical (unpaired) electrons. The number of hydrogen-bond donors (Lipinski definition) is 1. The smallest absolute Gasteiger partial charge is 0.332 e. The Labute approximate surface area is 154 Å². The SMILES string of the molecule is Cc1c(Br)cccc1Nc1nc(C(F)F)nc2c1c(=O)n(C)c(=O)n2C. The number of fused-ring (bicyclic) bond motifs is 1. The fourth-order valence-electron chi connectivity index (χ4n) is 2.53. The van der Waals surface area contributed by atoms with Gasteiger partial charge in [-0.05, 0) is 24.6 Å². The van der Waals surface area contributed by atoms with Gasteiger partial charge in [0.05, 0.1) is 0 Å². The Hall–Kier alpha value is -2.62. The standard InChI is InChI=1S/C16H14BrF2N5O2/c1-7-8(17)5-4-6-9(7)20-12-10-14(22-13(21-12)11(18)19)23(2)16(26)24(3)15(10)25/h4-6,11H,1-3H3,(H,20,21,22). The third-order valence-electron chi connectivity index (χ3n) is 4.03. The first-order valence-corrected chi connectivity index (χ1v) is 8.29. The molecular formula is C16H14BrF2N5O2. The zero-order valence-corrected chi connectivity index (χ0v) is 15.6.